The number of carbonyl (C=O) groups excluding carboxylic acids is 1. The van der Waals surface area contributed by atoms with E-state index in [1.165, 1.54) is 24.3 Å². The minimum Gasteiger partial charge on any atom is -0.347 e. The molecule has 3 aromatic rings. The van der Waals surface area contributed by atoms with Crippen molar-refractivity contribution >= 4 is 16.8 Å². The maximum absolute atomic E-state index is 13.3. The fourth-order valence-electron chi connectivity index (χ4n) is 2.87. The normalized spacial score (nSPS) is 11.5. The Bertz CT molecular complexity index is 978. The Morgan fingerprint density at radius 1 is 1.12 bits per heavy atom. The first-order valence-electron chi connectivity index (χ1n) is 8.03. The molecule has 0 aliphatic rings. The van der Waals surface area contributed by atoms with Crippen LogP contribution in [0.1, 0.15) is 29.8 Å². The van der Waals surface area contributed by atoms with Gasteiger partial charge < -0.3 is 10.3 Å². The van der Waals surface area contributed by atoms with Crippen LogP contribution in [0.3, 0.4) is 0 Å². The molecule has 0 fully saturated rings. The van der Waals surface area contributed by atoms with Crippen LogP contribution in [0.25, 0.3) is 10.9 Å². The third-order valence-electron chi connectivity index (χ3n) is 3.99. The maximum Gasteiger partial charge on any atom is 0.261 e. The summed E-state index contributed by atoms with van der Waals surface area (Å²) in [5.74, 6) is -0.891. The second-order valence-corrected chi connectivity index (χ2v) is 6.74. The number of pyridine rings is 1. The van der Waals surface area contributed by atoms with Crippen LogP contribution in [0.15, 0.2) is 59.4 Å². The van der Waals surface area contributed by atoms with E-state index in [1.807, 2.05) is 44.2 Å². The smallest absolute Gasteiger partial charge is 0.261 e. The van der Waals surface area contributed by atoms with E-state index in [4.69, 9.17) is 0 Å². The summed E-state index contributed by atoms with van der Waals surface area (Å²) < 4.78 is 13.3. The van der Waals surface area contributed by atoms with Crippen molar-refractivity contribution in [1.29, 1.82) is 0 Å². The molecule has 5 heteroatoms. The molecule has 0 radical (unpaired) electrons. The molecule has 0 unspecified atom stereocenters. The van der Waals surface area contributed by atoms with Gasteiger partial charge in [0.1, 0.15) is 11.4 Å². The minimum atomic E-state index is -0.536. The van der Waals surface area contributed by atoms with E-state index in [9.17, 15) is 14.0 Å². The van der Waals surface area contributed by atoms with Crippen molar-refractivity contribution in [3.8, 4) is 0 Å². The van der Waals surface area contributed by atoms with Crippen molar-refractivity contribution in [3.63, 3.8) is 0 Å². The quantitative estimate of drug-likeness (QED) is 0.766. The van der Waals surface area contributed by atoms with Gasteiger partial charge in [0, 0.05) is 5.54 Å². The molecular weight excluding hydrogens is 319 g/mol. The van der Waals surface area contributed by atoms with Crippen molar-refractivity contribution in [2.24, 2.45) is 0 Å². The molecular formula is C20H19FN2O2. The van der Waals surface area contributed by atoms with Crippen molar-refractivity contribution in [2.75, 3.05) is 0 Å². The van der Waals surface area contributed by atoms with E-state index in [-0.39, 0.29) is 5.56 Å². The third kappa shape index (κ3) is 3.94. The van der Waals surface area contributed by atoms with Crippen LogP contribution in [0.5, 0.6) is 0 Å². The van der Waals surface area contributed by atoms with Crippen LogP contribution < -0.4 is 10.9 Å². The van der Waals surface area contributed by atoms with Crippen LogP contribution in [0, 0.1) is 5.82 Å². The molecule has 0 spiro atoms. The number of H-pyrrole nitrogens is 1. The van der Waals surface area contributed by atoms with Gasteiger partial charge in [0.25, 0.3) is 11.5 Å². The highest BCUT2D eigenvalue weighted by Gasteiger charge is 2.23. The number of amides is 1. The lowest BCUT2D eigenvalue weighted by atomic mass is 9.94. The zero-order valence-electron chi connectivity index (χ0n) is 14.1. The topological polar surface area (TPSA) is 62.0 Å². The molecule has 0 saturated carbocycles. The second-order valence-electron chi connectivity index (χ2n) is 6.74. The summed E-state index contributed by atoms with van der Waals surface area (Å²) in [6, 6.07) is 15.4. The molecule has 0 saturated heterocycles. The van der Waals surface area contributed by atoms with Gasteiger partial charge in [0.15, 0.2) is 0 Å². The molecule has 4 nitrogen and oxygen atoms in total. The molecule has 2 N–H and O–H groups in total. The van der Waals surface area contributed by atoms with Gasteiger partial charge >= 0.3 is 0 Å². The summed E-state index contributed by atoms with van der Waals surface area (Å²) in [5.41, 5.74) is 0.412. The first-order valence-corrected chi connectivity index (χ1v) is 8.03. The van der Waals surface area contributed by atoms with E-state index < -0.39 is 22.8 Å². The van der Waals surface area contributed by atoms with Crippen LogP contribution in [0.4, 0.5) is 4.39 Å². The molecule has 1 amide bonds. The Labute approximate surface area is 144 Å². The summed E-state index contributed by atoms with van der Waals surface area (Å²) in [6.45, 7) is 3.81. The molecule has 128 valence electrons. The Kier molecular flexibility index (Phi) is 4.40. The Morgan fingerprint density at radius 2 is 1.84 bits per heavy atom. The lowest BCUT2D eigenvalue weighted by Crippen LogP contribution is -2.46. The van der Waals surface area contributed by atoms with E-state index in [2.05, 4.69) is 10.3 Å². The average molecular weight is 338 g/mol. The highest BCUT2D eigenvalue weighted by Crippen LogP contribution is 2.15. The number of carbonyl (C=O) groups is 1. The highest BCUT2D eigenvalue weighted by molar-refractivity contribution is 5.97. The number of benzene rings is 2. The summed E-state index contributed by atoms with van der Waals surface area (Å²) in [5, 5.41) is 3.51. The summed E-state index contributed by atoms with van der Waals surface area (Å²) in [4.78, 5) is 27.3. The molecule has 2 aromatic carbocycles. The van der Waals surface area contributed by atoms with Gasteiger partial charge in [0.05, 0.1) is 5.52 Å². The average Bonchev–Trinajstić information content (AvgIpc) is 2.54. The van der Waals surface area contributed by atoms with Crippen molar-refractivity contribution in [2.45, 2.75) is 25.8 Å². The molecule has 3 rings (SSSR count). The van der Waals surface area contributed by atoms with E-state index in [1.54, 1.807) is 0 Å². The SMILES string of the molecule is CC(C)(Cc1ccccc1)NC(=O)c1cc2ccc(F)cc2[nH]c1=O. The van der Waals surface area contributed by atoms with Gasteiger partial charge in [-0.25, -0.2) is 4.39 Å². The van der Waals surface area contributed by atoms with Gasteiger partial charge in [0.2, 0.25) is 0 Å². The van der Waals surface area contributed by atoms with Crippen LogP contribution >= 0.6 is 0 Å². The monoisotopic (exact) mass is 338 g/mol. The lowest BCUT2D eigenvalue weighted by molar-refractivity contribution is 0.0911. The molecule has 0 atom stereocenters. The molecule has 0 aliphatic carbocycles. The predicted molar refractivity (Wildman–Crippen MR) is 96.2 cm³/mol. The molecule has 1 heterocycles. The highest BCUT2D eigenvalue weighted by atomic mass is 19.1. The number of aromatic amines is 1. The van der Waals surface area contributed by atoms with Crippen LogP contribution in [0.2, 0.25) is 0 Å². The number of aromatic nitrogens is 1. The van der Waals surface area contributed by atoms with Gasteiger partial charge in [-0.1, -0.05) is 30.3 Å². The zero-order valence-corrected chi connectivity index (χ0v) is 14.1. The standard InChI is InChI=1S/C20H19FN2O2/c1-20(2,12-13-6-4-3-5-7-13)23-19(25)16-10-14-8-9-15(21)11-17(14)22-18(16)24/h3-11H,12H2,1-2H3,(H,22,24)(H,23,25). The van der Waals surface area contributed by atoms with Gasteiger partial charge in [-0.05, 0) is 55.5 Å². The first kappa shape index (κ1) is 16.9. The molecule has 25 heavy (non-hydrogen) atoms. The summed E-state index contributed by atoms with van der Waals surface area (Å²) in [7, 11) is 0. The number of fused-ring (bicyclic) bond motifs is 1. The Balaban J connectivity index is 1.85. The molecule has 0 aliphatic heterocycles. The molecule has 0 bridgehead atoms. The summed E-state index contributed by atoms with van der Waals surface area (Å²) in [6.07, 6.45) is 0.635. The summed E-state index contributed by atoms with van der Waals surface area (Å²) >= 11 is 0. The van der Waals surface area contributed by atoms with Crippen molar-refractivity contribution in [3.05, 3.63) is 81.9 Å². The zero-order chi connectivity index (χ0) is 18.0. The van der Waals surface area contributed by atoms with Crippen LogP contribution in [-0.4, -0.2) is 16.4 Å². The van der Waals surface area contributed by atoms with Crippen LogP contribution in [-0.2, 0) is 6.42 Å². The van der Waals surface area contributed by atoms with E-state index in [0.29, 0.717) is 17.3 Å². The lowest BCUT2D eigenvalue weighted by Gasteiger charge is -2.26. The van der Waals surface area contributed by atoms with Crippen molar-refractivity contribution in [1.82, 2.24) is 10.3 Å². The number of hydrogen-bond donors (Lipinski definition) is 2. The predicted octanol–water partition coefficient (Wildman–Crippen LogP) is 3.42. The number of halogens is 1. The third-order valence-corrected chi connectivity index (χ3v) is 3.99. The van der Waals surface area contributed by atoms with Crippen molar-refractivity contribution < 1.29 is 9.18 Å². The largest absolute Gasteiger partial charge is 0.347 e. The first-order chi connectivity index (χ1) is 11.8. The van der Waals surface area contributed by atoms with Gasteiger partial charge in [-0.3, -0.25) is 9.59 Å². The number of nitrogens with one attached hydrogen (secondary N) is 2. The number of rotatable bonds is 4. The van der Waals surface area contributed by atoms with Gasteiger partial charge in [-0.2, -0.15) is 0 Å². The number of hydrogen-bond acceptors (Lipinski definition) is 2. The van der Waals surface area contributed by atoms with Gasteiger partial charge in [-0.15, -0.1) is 0 Å². The fraction of sp³-hybridized carbons (Fsp3) is 0.200. The Hall–Kier alpha value is -2.95. The Morgan fingerprint density at radius 3 is 2.56 bits per heavy atom. The fourth-order valence-corrected chi connectivity index (χ4v) is 2.87. The van der Waals surface area contributed by atoms with E-state index in [0.717, 1.165) is 5.56 Å². The minimum absolute atomic E-state index is 0.0141. The maximum atomic E-state index is 13.3. The van der Waals surface area contributed by atoms with E-state index >= 15 is 0 Å². The molecule has 1 aromatic heterocycles. The second kappa shape index (κ2) is 6.51.